The topological polar surface area (TPSA) is 49.4 Å². The first-order valence-electron chi connectivity index (χ1n) is 8.60. The van der Waals surface area contributed by atoms with Gasteiger partial charge >= 0.3 is 0 Å². The Balaban J connectivity index is 1.74. The van der Waals surface area contributed by atoms with E-state index in [-0.39, 0.29) is 24.2 Å². The van der Waals surface area contributed by atoms with Gasteiger partial charge in [0.2, 0.25) is 11.8 Å². The summed E-state index contributed by atoms with van der Waals surface area (Å²) in [5.74, 6) is -0.410. The molecule has 0 spiro atoms. The number of hydrogen-bond acceptors (Lipinski definition) is 2. The molecule has 1 atom stereocenters. The number of hydrogen-bond donors (Lipinski definition) is 1. The maximum Gasteiger partial charge on any atom is 0.229 e. The molecular formula is C21H24N2O2. The summed E-state index contributed by atoms with van der Waals surface area (Å²) < 4.78 is 0. The van der Waals surface area contributed by atoms with Gasteiger partial charge in [-0.3, -0.25) is 9.59 Å². The predicted molar refractivity (Wildman–Crippen MR) is 101 cm³/mol. The van der Waals surface area contributed by atoms with Crippen molar-refractivity contribution in [1.82, 2.24) is 0 Å². The van der Waals surface area contributed by atoms with E-state index in [2.05, 4.69) is 17.4 Å². The summed E-state index contributed by atoms with van der Waals surface area (Å²) in [7, 11) is 0. The molecular weight excluding hydrogens is 312 g/mol. The fourth-order valence-corrected chi connectivity index (χ4v) is 3.52. The van der Waals surface area contributed by atoms with Gasteiger partial charge in [-0.25, -0.2) is 0 Å². The second kappa shape index (κ2) is 6.71. The van der Waals surface area contributed by atoms with Gasteiger partial charge in [0.25, 0.3) is 0 Å². The Bertz CT molecular complexity index is 822. The smallest absolute Gasteiger partial charge is 0.229 e. The lowest BCUT2D eigenvalue weighted by Crippen LogP contribution is -2.28. The van der Waals surface area contributed by atoms with E-state index in [4.69, 9.17) is 0 Å². The Morgan fingerprint density at radius 1 is 1.00 bits per heavy atom. The third-order valence-corrected chi connectivity index (χ3v) is 4.63. The molecule has 130 valence electrons. The number of aryl methyl sites for hydroxylation is 4. The van der Waals surface area contributed by atoms with E-state index in [1.54, 1.807) is 4.90 Å². The van der Waals surface area contributed by atoms with Crippen molar-refractivity contribution in [2.45, 2.75) is 34.1 Å². The van der Waals surface area contributed by atoms with E-state index >= 15 is 0 Å². The fraction of sp³-hybridized carbons (Fsp3) is 0.333. The van der Waals surface area contributed by atoms with Crippen molar-refractivity contribution < 1.29 is 9.59 Å². The van der Waals surface area contributed by atoms with E-state index in [1.165, 1.54) is 0 Å². The molecule has 2 aromatic rings. The molecule has 1 saturated heterocycles. The molecule has 0 radical (unpaired) electrons. The quantitative estimate of drug-likeness (QED) is 0.924. The number of amides is 2. The highest BCUT2D eigenvalue weighted by atomic mass is 16.2. The van der Waals surface area contributed by atoms with Gasteiger partial charge in [-0.15, -0.1) is 0 Å². The van der Waals surface area contributed by atoms with E-state index in [1.807, 2.05) is 52.0 Å². The summed E-state index contributed by atoms with van der Waals surface area (Å²) in [6.07, 6.45) is 0.254. The number of rotatable bonds is 3. The van der Waals surface area contributed by atoms with Crippen LogP contribution in [0, 0.1) is 33.6 Å². The molecule has 25 heavy (non-hydrogen) atoms. The Kier molecular flexibility index (Phi) is 4.62. The summed E-state index contributed by atoms with van der Waals surface area (Å²) >= 11 is 0. The van der Waals surface area contributed by atoms with Gasteiger partial charge in [-0.1, -0.05) is 23.8 Å². The maximum atomic E-state index is 12.6. The van der Waals surface area contributed by atoms with Crippen LogP contribution in [0.5, 0.6) is 0 Å². The van der Waals surface area contributed by atoms with E-state index in [0.29, 0.717) is 6.54 Å². The number of benzene rings is 2. The van der Waals surface area contributed by atoms with Crippen molar-refractivity contribution in [3.8, 4) is 0 Å². The van der Waals surface area contributed by atoms with Crippen LogP contribution in [0.2, 0.25) is 0 Å². The maximum absolute atomic E-state index is 12.6. The Labute approximate surface area is 148 Å². The molecule has 1 heterocycles. The van der Waals surface area contributed by atoms with Crippen LogP contribution in [0.1, 0.15) is 28.7 Å². The number of anilines is 2. The van der Waals surface area contributed by atoms with Crippen LogP contribution >= 0.6 is 0 Å². The minimum Gasteiger partial charge on any atom is -0.326 e. The standard InChI is InChI=1S/C21H24N2O2/c1-13-5-6-19(16(4)8-13)23-12-17(11-20(23)24)21(25)22-18-9-14(2)7-15(3)10-18/h5-10,17H,11-12H2,1-4H3,(H,22,25)/t17-/m1/s1. The van der Waals surface area contributed by atoms with Crippen LogP contribution in [0.25, 0.3) is 0 Å². The van der Waals surface area contributed by atoms with Crippen LogP contribution in [0.4, 0.5) is 11.4 Å². The Morgan fingerprint density at radius 2 is 1.68 bits per heavy atom. The lowest BCUT2D eigenvalue weighted by molar-refractivity contribution is -0.122. The molecule has 1 aliphatic rings. The second-order valence-corrected chi connectivity index (χ2v) is 7.06. The predicted octanol–water partition coefficient (Wildman–Crippen LogP) is 3.91. The normalized spacial score (nSPS) is 17.0. The number of nitrogens with zero attached hydrogens (tertiary/aromatic N) is 1. The molecule has 0 aromatic heterocycles. The first-order valence-corrected chi connectivity index (χ1v) is 8.60. The molecule has 3 rings (SSSR count). The highest BCUT2D eigenvalue weighted by Gasteiger charge is 2.35. The van der Waals surface area contributed by atoms with Crippen molar-refractivity contribution in [2.24, 2.45) is 5.92 Å². The number of carbonyl (C=O) groups excluding carboxylic acids is 2. The average molecular weight is 336 g/mol. The second-order valence-electron chi connectivity index (χ2n) is 7.06. The minimum atomic E-state index is -0.325. The number of carbonyl (C=O) groups is 2. The van der Waals surface area contributed by atoms with E-state index < -0.39 is 0 Å². The SMILES string of the molecule is Cc1cc(C)cc(NC(=O)[C@@H]2CC(=O)N(c3ccc(C)cc3C)C2)c1. The third-order valence-electron chi connectivity index (χ3n) is 4.63. The van der Waals surface area contributed by atoms with Crippen molar-refractivity contribution in [2.75, 3.05) is 16.8 Å². The minimum absolute atomic E-state index is 0.00697. The highest BCUT2D eigenvalue weighted by molar-refractivity contribution is 6.03. The zero-order valence-corrected chi connectivity index (χ0v) is 15.2. The van der Waals surface area contributed by atoms with Crippen LogP contribution in [0.3, 0.4) is 0 Å². The van der Waals surface area contributed by atoms with Crippen molar-refractivity contribution in [3.63, 3.8) is 0 Å². The summed E-state index contributed by atoms with van der Waals surface area (Å²) in [5, 5.41) is 2.96. The summed E-state index contributed by atoms with van der Waals surface area (Å²) in [6.45, 7) is 8.47. The van der Waals surface area contributed by atoms with Crippen molar-refractivity contribution in [3.05, 3.63) is 58.7 Å². The third kappa shape index (κ3) is 3.73. The molecule has 0 aliphatic carbocycles. The molecule has 1 fully saturated rings. The zero-order chi connectivity index (χ0) is 18.1. The Morgan fingerprint density at radius 3 is 2.32 bits per heavy atom. The van der Waals surface area contributed by atoms with Gasteiger partial charge in [-0.05, 0) is 62.6 Å². The highest BCUT2D eigenvalue weighted by Crippen LogP contribution is 2.29. The van der Waals surface area contributed by atoms with Gasteiger partial charge in [0.1, 0.15) is 0 Å². The van der Waals surface area contributed by atoms with Crippen LogP contribution in [0.15, 0.2) is 36.4 Å². The molecule has 0 bridgehead atoms. The summed E-state index contributed by atoms with van der Waals surface area (Å²) in [4.78, 5) is 26.8. The molecule has 2 amide bonds. The van der Waals surface area contributed by atoms with E-state index in [0.717, 1.165) is 33.6 Å². The lowest BCUT2D eigenvalue weighted by atomic mass is 10.1. The van der Waals surface area contributed by atoms with Crippen molar-refractivity contribution >= 4 is 23.2 Å². The van der Waals surface area contributed by atoms with Crippen LogP contribution in [-0.2, 0) is 9.59 Å². The molecule has 0 saturated carbocycles. The van der Waals surface area contributed by atoms with Gasteiger partial charge in [0.15, 0.2) is 0 Å². The Hall–Kier alpha value is -2.62. The fourth-order valence-electron chi connectivity index (χ4n) is 3.52. The van der Waals surface area contributed by atoms with Gasteiger partial charge in [0, 0.05) is 24.3 Å². The van der Waals surface area contributed by atoms with Gasteiger partial charge in [0.05, 0.1) is 5.92 Å². The molecule has 0 unspecified atom stereocenters. The van der Waals surface area contributed by atoms with E-state index in [9.17, 15) is 9.59 Å². The first-order chi connectivity index (χ1) is 11.8. The summed E-state index contributed by atoms with van der Waals surface area (Å²) in [6, 6.07) is 12.0. The summed E-state index contributed by atoms with van der Waals surface area (Å²) in [5.41, 5.74) is 6.13. The molecule has 2 aromatic carbocycles. The molecule has 1 N–H and O–H groups in total. The average Bonchev–Trinajstić information content (AvgIpc) is 2.88. The largest absolute Gasteiger partial charge is 0.326 e. The monoisotopic (exact) mass is 336 g/mol. The molecule has 1 aliphatic heterocycles. The molecule has 4 heteroatoms. The molecule has 4 nitrogen and oxygen atoms in total. The van der Waals surface area contributed by atoms with Crippen molar-refractivity contribution in [1.29, 1.82) is 0 Å². The first kappa shape index (κ1) is 17.2. The van der Waals surface area contributed by atoms with Crippen LogP contribution in [-0.4, -0.2) is 18.4 Å². The zero-order valence-electron chi connectivity index (χ0n) is 15.2. The van der Waals surface area contributed by atoms with Gasteiger partial charge < -0.3 is 10.2 Å². The van der Waals surface area contributed by atoms with Crippen LogP contribution < -0.4 is 10.2 Å². The lowest BCUT2D eigenvalue weighted by Gasteiger charge is -2.19. The number of nitrogens with one attached hydrogen (secondary N) is 1. The van der Waals surface area contributed by atoms with Gasteiger partial charge in [-0.2, -0.15) is 0 Å².